The molecule has 4 rings (SSSR count). The first-order valence-electron chi connectivity index (χ1n) is 11.4. The first-order valence-corrected chi connectivity index (χ1v) is 11.4. The summed E-state index contributed by atoms with van der Waals surface area (Å²) < 4.78 is 42.4. The number of imidazole rings is 1. The van der Waals surface area contributed by atoms with Crippen molar-refractivity contribution in [2.45, 2.75) is 45.3 Å². The first kappa shape index (κ1) is 23.4. The van der Waals surface area contributed by atoms with Gasteiger partial charge in [-0.25, -0.2) is 4.79 Å². The fourth-order valence-corrected chi connectivity index (χ4v) is 5.11. The van der Waals surface area contributed by atoms with Gasteiger partial charge < -0.3 is 9.80 Å². The zero-order valence-electron chi connectivity index (χ0n) is 18.9. The molecule has 33 heavy (non-hydrogen) atoms. The van der Waals surface area contributed by atoms with Gasteiger partial charge in [-0.05, 0) is 49.8 Å². The highest BCUT2D eigenvalue weighted by molar-refractivity contribution is 5.80. The van der Waals surface area contributed by atoms with Crippen molar-refractivity contribution in [3.05, 3.63) is 34.2 Å². The number of amides is 2. The van der Waals surface area contributed by atoms with Crippen LogP contribution in [0.25, 0.3) is 11.0 Å². The molecule has 1 aromatic carbocycles. The van der Waals surface area contributed by atoms with Crippen LogP contribution in [0.3, 0.4) is 0 Å². The Hall–Kier alpha value is -2.78. The Morgan fingerprint density at radius 2 is 1.58 bits per heavy atom. The normalized spacial score (nSPS) is 22.1. The maximum absolute atomic E-state index is 13.2. The summed E-state index contributed by atoms with van der Waals surface area (Å²) in [4.78, 5) is 40.7. The molecule has 1 aromatic heterocycles. The number of hydrogen-bond acceptors (Lipinski definition) is 3. The van der Waals surface area contributed by atoms with Gasteiger partial charge >= 0.3 is 11.9 Å². The number of carbonyl (C=O) groups excluding carboxylic acids is 2. The average molecular weight is 467 g/mol. The van der Waals surface area contributed by atoms with Crippen LogP contribution < -0.4 is 5.69 Å². The van der Waals surface area contributed by atoms with E-state index in [2.05, 4.69) is 0 Å². The lowest BCUT2D eigenvalue weighted by molar-refractivity contribution is -0.142. The van der Waals surface area contributed by atoms with Crippen molar-refractivity contribution < 1.29 is 22.8 Å². The van der Waals surface area contributed by atoms with Crippen LogP contribution >= 0.6 is 0 Å². The zero-order chi connectivity index (χ0) is 23.9. The van der Waals surface area contributed by atoms with E-state index in [1.54, 1.807) is 11.9 Å². The molecule has 2 aliphatic rings. The van der Waals surface area contributed by atoms with Crippen molar-refractivity contribution in [1.29, 1.82) is 0 Å². The van der Waals surface area contributed by atoms with Crippen LogP contribution in [0.4, 0.5) is 13.2 Å². The van der Waals surface area contributed by atoms with Crippen molar-refractivity contribution in [3.8, 4) is 0 Å². The van der Waals surface area contributed by atoms with Crippen molar-refractivity contribution >= 4 is 22.8 Å². The lowest BCUT2D eigenvalue weighted by Gasteiger charge is -2.37. The molecule has 2 fully saturated rings. The van der Waals surface area contributed by atoms with Crippen LogP contribution in [0.15, 0.2) is 23.0 Å². The second kappa shape index (κ2) is 8.87. The molecule has 2 heterocycles. The third-order valence-corrected chi connectivity index (χ3v) is 7.15. The number of nitrogens with zero attached hydrogens (tertiary/aromatic N) is 4. The Bertz CT molecular complexity index is 1100. The molecular formula is C23H29F3N4O3. The Morgan fingerprint density at radius 3 is 2.15 bits per heavy atom. The molecule has 0 N–H and O–H groups in total. The molecule has 1 saturated heterocycles. The minimum Gasteiger partial charge on any atom is -0.339 e. The second-order valence-electron chi connectivity index (χ2n) is 9.20. The lowest BCUT2D eigenvalue weighted by atomic mass is 9.81. The van der Waals surface area contributed by atoms with Crippen LogP contribution in [-0.4, -0.2) is 56.9 Å². The van der Waals surface area contributed by atoms with Crippen LogP contribution in [-0.2, 0) is 29.4 Å². The van der Waals surface area contributed by atoms with E-state index in [0.717, 1.165) is 25.0 Å². The molecule has 10 heteroatoms. The minimum absolute atomic E-state index is 0.0219. The molecule has 1 saturated carbocycles. The number of hydrogen-bond donors (Lipinski definition) is 0. The molecule has 2 aromatic rings. The highest BCUT2D eigenvalue weighted by atomic mass is 19.4. The van der Waals surface area contributed by atoms with Gasteiger partial charge in [-0.2, -0.15) is 13.2 Å². The van der Waals surface area contributed by atoms with Gasteiger partial charge in [0.25, 0.3) is 0 Å². The van der Waals surface area contributed by atoms with Crippen LogP contribution in [0.5, 0.6) is 0 Å². The third-order valence-electron chi connectivity index (χ3n) is 7.15. The molecule has 1 aliphatic carbocycles. The van der Waals surface area contributed by atoms with E-state index in [0.29, 0.717) is 56.6 Å². The molecular weight excluding hydrogens is 437 g/mol. The number of halogens is 3. The third kappa shape index (κ3) is 4.65. The molecule has 0 atom stereocenters. The molecule has 0 spiro atoms. The highest BCUT2D eigenvalue weighted by Gasteiger charge is 2.33. The van der Waals surface area contributed by atoms with Crippen LogP contribution in [0, 0.1) is 11.8 Å². The van der Waals surface area contributed by atoms with E-state index in [1.165, 1.54) is 22.1 Å². The summed E-state index contributed by atoms with van der Waals surface area (Å²) in [5.41, 5.74) is -0.333. The lowest BCUT2D eigenvalue weighted by Crippen LogP contribution is -2.51. The predicted molar refractivity (Wildman–Crippen MR) is 116 cm³/mol. The van der Waals surface area contributed by atoms with Crippen LogP contribution in [0.2, 0.25) is 0 Å². The van der Waals surface area contributed by atoms with E-state index in [1.807, 2.05) is 4.90 Å². The summed E-state index contributed by atoms with van der Waals surface area (Å²) in [5.74, 6) is 0.190. The maximum Gasteiger partial charge on any atom is 0.416 e. The molecule has 180 valence electrons. The highest BCUT2D eigenvalue weighted by Crippen LogP contribution is 2.34. The fourth-order valence-electron chi connectivity index (χ4n) is 5.11. The van der Waals surface area contributed by atoms with Gasteiger partial charge in [-0.15, -0.1) is 0 Å². The SMILES string of the molecule is CC(=O)N1CCN(C(=O)[C@H]2CC[C@H](Cn3c(=O)n(C)c4ccc(C(F)(F)F)cc43)CC2)CC1. The molecule has 7 nitrogen and oxygen atoms in total. The number of carbonyl (C=O) groups is 2. The summed E-state index contributed by atoms with van der Waals surface area (Å²) in [6, 6.07) is 3.39. The Balaban J connectivity index is 1.41. The quantitative estimate of drug-likeness (QED) is 0.699. The first-order chi connectivity index (χ1) is 15.6. The van der Waals surface area contributed by atoms with Gasteiger partial charge in [0.1, 0.15) is 0 Å². The van der Waals surface area contributed by atoms with E-state index < -0.39 is 11.7 Å². The Labute approximate surface area is 189 Å². The number of rotatable bonds is 3. The van der Waals surface area contributed by atoms with Gasteiger partial charge in [-0.3, -0.25) is 18.7 Å². The monoisotopic (exact) mass is 466 g/mol. The number of aryl methyl sites for hydroxylation is 1. The second-order valence-corrected chi connectivity index (χ2v) is 9.20. The molecule has 0 bridgehead atoms. The van der Waals surface area contributed by atoms with E-state index in [-0.39, 0.29) is 29.3 Å². The number of aromatic nitrogens is 2. The van der Waals surface area contributed by atoms with E-state index in [9.17, 15) is 27.6 Å². The molecule has 0 unspecified atom stereocenters. The van der Waals surface area contributed by atoms with Crippen molar-refractivity contribution in [1.82, 2.24) is 18.9 Å². The van der Waals surface area contributed by atoms with E-state index >= 15 is 0 Å². The van der Waals surface area contributed by atoms with Crippen LogP contribution in [0.1, 0.15) is 38.2 Å². The van der Waals surface area contributed by atoms with Gasteiger partial charge in [0.15, 0.2) is 0 Å². The van der Waals surface area contributed by atoms with Crippen molar-refractivity contribution in [2.75, 3.05) is 26.2 Å². The summed E-state index contributed by atoms with van der Waals surface area (Å²) >= 11 is 0. The summed E-state index contributed by atoms with van der Waals surface area (Å²) in [6.45, 7) is 4.08. The Morgan fingerprint density at radius 1 is 0.970 bits per heavy atom. The number of alkyl halides is 3. The summed E-state index contributed by atoms with van der Waals surface area (Å²) in [6.07, 6.45) is -1.59. The Kier molecular flexibility index (Phi) is 6.28. The fraction of sp³-hybridized carbons (Fsp3) is 0.609. The number of piperazine rings is 1. The van der Waals surface area contributed by atoms with Crippen molar-refractivity contribution in [2.24, 2.45) is 18.9 Å². The van der Waals surface area contributed by atoms with Crippen molar-refractivity contribution in [3.63, 3.8) is 0 Å². The van der Waals surface area contributed by atoms with E-state index in [4.69, 9.17) is 0 Å². The minimum atomic E-state index is -4.47. The largest absolute Gasteiger partial charge is 0.416 e. The smallest absolute Gasteiger partial charge is 0.339 e. The maximum atomic E-state index is 13.2. The summed E-state index contributed by atoms with van der Waals surface area (Å²) in [7, 11) is 1.57. The van der Waals surface area contributed by atoms with Gasteiger partial charge in [0, 0.05) is 52.6 Å². The molecule has 1 aliphatic heterocycles. The number of benzene rings is 1. The van der Waals surface area contributed by atoms with Gasteiger partial charge in [0.2, 0.25) is 11.8 Å². The number of fused-ring (bicyclic) bond motifs is 1. The standard InChI is InChI=1S/C23H29F3N4O3/c1-15(31)28-9-11-29(12-10-28)21(32)17-5-3-16(4-6-17)14-30-20-13-18(23(24,25)26)7-8-19(20)27(2)22(30)33/h7-8,13,16-17H,3-6,9-12,14H2,1-2H3/t16-,17-. The van der Waals surface area contributed by atoms with Gasteiger partial charge in [0.05, 0.1) is 16.6 Å². The average Bonchev–Trinajstić information content (AvgIpc) is 3.03. The van der Waals surface area contributed by atoms with Gasteiger partial charge in [-0.1, -0.05) is 0 Å². The summed E-state index contributed by atoms with van der Waals surface area (Å²) in [5, 5.41) is 0. The topological polar surface area (TPSA) is 67.6 Å². The molecule has 2 amide bonds. The predicted octanol–water partition coefficient (Wildman–Crippen LogP) is 2.86. The molecule has 0 radical (unpaired) electrons. The zero-order valence-corrected chi connectivity index (χ0v) is 18.9.